The summed E-state index contributed by atoms with van der Waals surface area (Å²) in [6, 6.07) is 8.34. The van der Waals surface area contributed by atoms with Crippen molar-refractivity contribution in [3.63, 3.8) is 0 Å². The predicted molar refractivity (Wildman–Crippen MR) is 122 cm³/mol. The van der Waals surface area contributed by atoms with Crippen molar-refractivity contribution < 1.29 is 9.53 Å². The molecule has 1 aromatic heterocycles. The lowest BCUT2D eigenvalue weighted by Crippen LogP contribution is -2.34. The molecule has 4 rings (SSSR count). The Labute approximate surface area is 182 Å². The second-order valence-electron chi connectivity index (χ2n) is 7.96. The third-order valence-corrected chi connectivity index (χ3v) is 6.80. The van der Waals surface area contributed by atoms with Crippen LogP contribution in [-0.4, -0.2) is 60.6 Å². The number of carbonyl (C=O) groups excluding carboxylic acids is 1. The Hall–Kier alpha value is -2.29. The highest BCUT2D eigenvalue weighted by molar-refractivity contribution is 7.95. The Morgan fingerprint density at radius 2 is 2.20 bits per heavy atom. The van der Waals surface area contributed by atoms with Gasteiger partial charge in [0.1, 0.15) is 0 Å². The van der Waals surface area contributed by atoms with Gasteiger partial charge in [0, 0.05) is 42.5 Å². The van der Waals surface area contributed by atoms with E-state index >= 15 is 0 Å². The highest BCUT2D eigenvalue weighted by Crippen LogP contribution is 2.38. The molecule has 0 bridgehead atoms. The maximum absolute atomic E-state index is 12.8. The molecular weight excluding hydrogens is 398 g/mol. The summed E-state index contributed by atoms with van der Waals surface area (Å²) in [5.74, 6) is 0.558. The maximum Gasteiger partial charge on any atom is 0.330 e. The number of pyridine rings is 1. The first-order valence-corrected chi connectivity index (χ1v) is 11.1. The number of urea groups is 1. The standard InChI is InChI=1S/C22H29N5O2S/c1-26-12-10-17(14-26)27(2)30-25-22(28)24-21-18-6-4-5-15(18)7-8-19(21)16-9-11-23-20(13-16)29-3/h7-9,11,13,17H,4-6,10,12,14H2,1-3H3,(H2,24,25,28)/t17-/m0/s1. The van der Waals surface area contributed by atoms with Gasteiger partial charge in [-0.25, -0.2) is 14.1 Å². The van der Waals surface area contributed by atoms with E-state index < -0.39 is 0 Å². The molecule has 1 atom stereocenters. The van der Waals surface area contributed by atoms with Crippen LogP contribution in [-0.2, 0) is 12.8 Å². The van der Waals surface area contributed by atoms with Crippen molar-refractivity contribution in [2.75, 3.05) is 39.6 Å². The highest BCUT2D eigenvalue weighted by atomic mass is 32.2. The van der Waals surface area contributed by atoms with Crippen molar-refractivity contribution in [1.29, 1.82) is 0 Å². The number of fused-ring (bicyclic) bond motifs is 1. The normalized spacial score (nSPS) is 18.5. The number of hydrogen-bond donors (Lipinski definition) is 2. The average molecular weight is 428 g/mol. The van der Waals surface area contributed by atoms with Gasteiger partial charge >= 0.3 is 6.03 Å². The van der Waals surface area contributed by atoms with Gasteiger partial charge in [-0.2, -0.15) is 0 Å². The Morgan fingerprint density at radius 1 is 1.33 bits per heavy atom. The smallest absolute Gasteiger partial charge is 0.330 e. The van der Waals surface area contributed by atoms with E-state index in [2.05, 4.69) is 43.4 Å². The number of nitrogens with one attached hydrogen (secondary N) is 2. The Bertz CT molecular complexity index is 922. The molecule has 0 unspecified atom stereocenters. The molecule has 0 spiro atoms. The fourth-order valence-corrected chi connectivity index (χ4v) is 4.87. The van der Waals surface area contributed by atoms with E-state index in [-0.39, 0.29) is 6.03 Å². The fraction of sp³-hybridized carbons (Fsp3) is 0.455. The van der Waals surface area contributed by atoms with Gasteiger partial charge in [0.15, 0.2) is 0 Å². The van der Waals surface area contributed by atoms with Gasteiger partial charge in [-0.15, -0.1) is 0 Å². The average Bonchev–Trinajstić information content (AvgIpc) is 3.41. The zero-order chi connectivity index (χ0) is 21.1. The number of aryl methyl sites for hydroxylation is 1. The molecule has 1 aliphatic carbocycles. The molecule has 2 aromatic rings. The number of nitrogens with zero attached hydrogens (tertiary/aromatic N) is 3. The van der Waals surface area contributed by atoms with Crippen molar-refractivity contribution in [2.24, 2.45) is 0 Å². The number of amides is 2. The number of rotatable bonds is 6. The summed E-state index contributed by atoms with van der Waals surface area (Å²) in [6.07, 6.45) is 5.99. The van der Waals surface area contributed by atoms with Crippen LogP contribution in [0.3, 0.4) is 0 Å². The number of likely N-dealkylation sites (N-methyl/N-ethyl adjacent to an activating group) is 2. The minimum absolute atomic E-state index is 0.208. The summed E-state index contributed by atoms with van der Waals surface area (Å²) in [5.41, 5.74) is 5.40. The zero-order valence-electron chi connectivity index (χ0n) is 17.8. The van der Waals surface area contributed by atoms with E-state index in [1.54, 1.807) is 13.3 Å². The van der Waals surface area contributed by atoms with E-state index in [9.17, 15) is 4.79 Å². The van der Waals surface area contributed by atoms with Crippen molar-refractivity contribution >= 4 is 23.9 Å². The van der Waals surface area contributed by atoms with Crippen molar-refractivity contribution in [3.05, 3.63) is 41.6 Å². The van der Waals surface area contributed by atoms with Crippen LogP contribution in [0.4, 0.5) is 10.5 Å². The van der Waals surface area contributed by atoms with Gasteiger partial charge in [-0.05, 0) is 69.1 Å². The van der Waals surface area contributed by atoms with E-state index in [4.69, 9.17) is 4.74 Å². The summed E-state index contributed by atoms with van der Waals surface area (Å²) in [6.45, 7) is 2.11. The minimum Gasteiger partial charge on any atom is -0.481 e. The molecule has 2 N–H and O–H groups in total. The van der Waals surface area contributed by atoms with E-state index in [1.165, 1.54) is 23.3 Å². The lowest BCUT2D eigenvalue weighted by Gasteiger charge is -2.23. The molecule has 160 valence electrons. The quantitative estimate of drug-likeness (QED) is 0.687. The molecule has 0 saturated carbocycles. The highest BCUT2D eigenvalue weighted by Gasteiger charge is 2.25. The Morgan fingerprint density at radius 3 is 2.97 bits per heavy atom. The van der Waals surface area contributed by atoms with Gasteiger partial charge in [0.25, 0.3) is 0 Å². The number of benzene rings is 1. The molecule has 2 aliphatic rings. The Kier molecular flexibility index (Phi) is 6.46. The zero-order valence-corrected chi connectivity index (χ0v) is 18.6. The van der Waals surface area contributed by atoms with Crippen LogP contribution in [0.1, 0.15) is 24.0 Å². The van der Waals surface area contributed by atoms with Gasteiger partial charge in [-0.3, -0.25) is 4.72 Å². The predicted octanol–water partition coefficient (Wildman–Crippen LogP) is 3.57. The van der Waals surface area contributed by atoms with Crippen LogP contribution < -0.4 is 14.8 Å². The van der Waals surface area contributed by atoms with Crippen LogP contribution in [0.25, 0.3) is 11.1 Å². The fourth-order valence-electron chi connectivity index (χ4n) is 4.27. The number of likely N-dealkylation sites (tertiary alicyclic amines) is 1. The molecule has 30 heavy (non-hydrogen) atoms. The summed E-state index contributed by atoms with van der Waals surface area (Å²) >= 11 is 1.36. The molecule has 2 amide bonds. The Balaban J connectivity index is 1.51. The maximum atomic E-state index is 12.8. The van der Waals surface area contributed by atoms with Crippen LogP contribution in [0.15, 0.2) is 30.5 Å². The third kappa shape index (κ3) is 4.55. The van der Waals surface area contributed by atoms with Crippen molar-refractivity contribution in [1.82, 2.24) is 18.9 Å². The van der Waals surface area contributed by atoms with E-state index in [1.807, 2.05) is 19.2 Å². The number of methoxy groups -OCH3 is 1. The molecule has 2 heterocycles. The molecule has 7 nitrogen and oxygen atoms in total. The molecule has 0 radical (unpaired) electrons. The lowest BCUT2D eigenvalue weighted by molar-refractivity contribution is 0.256. The van der Waals surface area contributed by atoms with Crippen LogP contribution in [0.2, 0.25) is 0 Å². The van der Waals surface area contributed by atoms with Gasteiger partial charge < -0.3 is 15.0 Å². The van der Waals surface area contributed by atoms with Gasteiger partial charge in [0.2, 0.25) is 5.88 Å². The topological polar surface area (TPSA) is 69.7 Å². The number of carbonyl (C=O) groups is 1. The summed E-state index contributed by atoms with van der Waals surface area (Å²) in [7, 11) is 5.77. The summed E-state index contributed by atoms with van der Waals surface area (Å²) < 4.78 is 10.4. The van der Waals surface area contributed by atoms with E-state index in [0.717, 1.165) is 55.6 Å². The first-order chi connectivity index (χ1) is 14.5. The monoisotopic (exact) mass is 427 g/mol. The number of anilines is 1. The number of aromatic nitrogens is 1. The summed E-state index contributed by atoms with van der Waals surface area (Å²) in [5, 5.41) is 3.13. The second-order valence-corrected chi connectivity index (χ2v) is 8.93. The van der Waals surface area contributed by atoms with Crippen molar-refractivity contribution in [2.45, 2.75) is 31.7 Å². The molecule has 1 aromatic carbocycles. The van der Waals surface area contributed by atoms with Gasteiger partial charge in [-0.1, -0.05) is 12.1 Å². The lowest BCUT2D eigenvalue weighted by atomic mass is 9.98. The number of hydrogen-bond acceptors (Lipinski definition) is 6. The minimum atomic E-state index is -0.208. The third-order valence-electron chi connectivity index (χ3n) is 5.94. The molecule has 1 aliphatic heterocycles. The molecule has 1 saturated heterocycles. The second kappa shape index (κ2) is 9.24. The molecule has 1 fully saturated rings. The van der Waals surface area contributed by atoms with Crippen molar-refractivity contribution in [3.8, 4) is 17.0 Å². The van der Waals surface area contributed by atoms with Gasteiger partial charge in [0.05, 0.1) is 12.8 Å². The van der Waals surface area contributed by atoms with Crippen LogP contribution in [0, 0.1) is 0 Å². The van der Waals surface area contributed by atoms with Crippen LogP contribution in [0.5, 0.6) is 5.88 Å². The molecular formula is C22H29N5O2S. The van der Waals surface area contributed by atoms with E-state index in [0.29, 0.717) is 11.9 Å². The SMILES string of the molecule is COc1cc(-c2ccc3c(c2NC(=O)NSN(C)[C@H]2CCN(C)C2)CCC3)ccn1. The molecule has 8 heteroatoms. The summed E-state index contributed by atoms with van der Waals surface area (Å²) in [4.78, 5) is 19.3. The number of ether oxygens (including phenoxy) is 1. The first-order valence-electron chi connectivity index (χ1n) is 10.4. The first kappa shape index (κ1) is 21.0. The largest absolute Gasteiger partial charge is 0.481 e. The van der Waals surface area contributed by atoms with Crippen LogP contribution >= 0.6 is 12.1 Å².